The molecule has 1 aromatic rings. The summed E-state index contributed by atoms with van der Waals surface area (Å²) >= 11 is 0. The quantitative estimate of drug-likeness (QED) is 0.328. The van der Waals surface area contributed by atoms with E-state index in [1.807, 2.05) is 0 Å². The molecule has 5 nitrogen and oxygen atoms in total. The van der Waals surface area contributed by atoms with E-state index >= 15 is 0 Å². The standard InChI is InChI=1S/C19H27F3N2O3/c1-2-3-4-10-23-11-7-15(8-12-23)9-13-27-16-5-6-18(24(25)26)17(14-16)19(20,21)22/h5-6,14-15H,2-4,7-13H2,1H3. The molecule has 1 saturated heterocycles. The van der Waals surface area contributed by atoms with Gasteiger partial charge in [0, 0.05) is 6.07 Å². The zero-order valence-electron chi connectivity index (χ0n) is 15.6. The van der Waals surface area contributed by atoms with Crippen LogP contribution in [-0.2, 0) is 6.18 Å². The Bertz CT molecular complexity index is 615. The summed E-state index contributed by atoms with van der Waals surface area (Å²) in [7, 11) is 0. The third kappa shape index (κ3) is 6.68. The third-order valence-electron chi connectivity index (χ3n) is 5.05. The lowest BCUT2D eigenvalue weighted by molar-refractivity contribution is -0.388. The number of hydrogen-bond acceptors (Lipinski definition) is 4. The molecule has 0 N–H and O–H groups in total. The van der Waals surface area contributed by atoms with Crippen LogP contribution in [0.1, 0.15) is 51.0 Å². The smallest absolute Gasteiger partial charge is 0.423 e. The SMILES string of the molecule is CCCCCN1CCC(CCOc2ccc([N+](=O)[O-])c(C(F)(F)F)c2)CC1. The van der Waals surface area contributed by atoms with Crippen molar-refractivity contribution in [3.8, 4) is 5.75 Å². The van der Waals surface area contributed by atoms with E-state index in [0.717, 1.165) is 45.0 Å². The number of nitro groups is 1. The second kappa shape index (κ2) is 9.92. The molecule has 27 heavy (non-hydrogen) atoms. The van der Waals surface area contributed by atoms with E-state index in [-0.39, 0.29) is 5.75 Å². The van der Waals surface area contributed by atoms with Crippen molar-refractivity contribution in [3.05, 3.63) is 33.9 Å². The van der Waals surface area contributed by atoms with Crippen molar-refractivity contribution >= 4 is 5.69 Å². The van der Waals surface area contributed by atoms with Crippen molar-refractivity contribution in [1.82, 2.24) is 4.90 Å². The van der Waals surface area contributed by atoms with Gasteiger partial charge in [0.25, 0.3) is 5.69 Å². The Hall–Kier alpha value is -1.83. The van der Waals surface area contributed by atoms with Crippen molar-refractivity contribution in [2.24, 2.45) is 5.92 Å². The summed E-state index contributed by atoms with van der Waals surface area (Å²) in [6.45, 7) is 5.76. The summed E-state index contributed by atoms with van der Waals surface area (Å²) < 4.78 is 44.4. The number of alkyl halides is 3. The summed E-state index contributed by atoms with van der Waals surface area (Å²) in [4.78, 5) is 12.2. The Morgan fingerprint density at radius 3 is 2.56 bits per heavy atom. The minimum Gasteiger partial charge on any atom is -0.494 e. The van der Waals surface area contributed by atoms with Crippen molar-refractivity contribution in [1.29, 1.82) is 0 Å². The highest BCUT2D eigenvalue weighted by molar-refractivity contribution is 5.46. The normalized spacial score (nSPS) is 16.4. The van der Waals surface area contributed by atoms with Crippen LogP contribution in [-0.4, -0.2) is 36.1 Å². The van der Waals surface area contributed by atoms with Gasteiger partial charge in [-0.1, -0.05) is 19.8 Å². The van der Waals surface area contributed by atoms with E-state index in [0.29, 0.717) is 18.6 Å². The number of nitro benzene ring substituents is 1. The average Bonchev–Trinajstić information content (AvgIpc) is 2.62. The molecule has 0 atom stereocenters. The monoisotopic (exact) mass is 388 g/mol. The summed E-state index contributed by atoms with van der Waals surface area (Å²) in [6.07, 6.45) is 1.84. The summed E-state index contributed by atoms with van der Waals surface area (Å²) in [5, 5.41) is 10.8. The molecule has 1 heterocycles. The number of piperidine rings is 1. The first-order valence-corrected chi connectivity index (χ1v) is 9.52. The van der Waals surface area contributed by atoms with Gasteiger partial charge in [-0.25, -0.2) is 0 Å². The Morgan fingerprint density at radius 2 is 1.96 bits per heavy atom. The molecular formula is C19H27F3N2O3. The van der Waals surface area contributed by atoms with Crippen LogP contribution in [0.4, 0.5) is 18.9 Å². The predicted octanol–water partition coefficient (Wildman–Crippen LogP) is 5.28. The Morgan fingerprint density at radius 1 is 1.26 bits per heavy atom. The van der Waals surface area contributed by atoms with Crippen LogP contribution in [0.15, 0.2) is 18.2 Å². The summed E-state index contributed by atoms with van der Waals surface area (Å²) in [5.74, 6) is 0.525. The van der Waals surface area contributed by atoms with Crippen LogP contribution >= 0.6 is 0 Å². The molecule has 1 fully saturated rings. The number of halogens is 3. The molecule has 0 spiro atoms. The Balaban J connectivity index is 1.80. The fourth-order valence-corrected chi connectivity index (χ4v) is 3.42. The first kappa shape index (κ1) is 21.5. The van der Waals surface area contributed by atoms with Crippen molar-refractivity contribution in [2.45, 2.75) is 51.6 Å². The maximum Gasteiger partial charge on any atom is 0.423 e. The second-order valence-electron chi connectivity index (χ2n) is 7.06. The molecule has 1 aliphatic rings. The van der Waals surface area contributed by atoms with E-state index < -0.39 is 22.4 Å². The van der Waals surface area contributed by atoms with Gasteiger partial charge in [0.2, 0.25) is 0 Å². The fraction of sp³-hybridized carbons (Fsp3) is 0.684. The zero-order chi connectivity index (χ0) is 19.9. The Labute approximate surface area is 157 Å². The fourth-order valence-electron chi connectivity index (χ4n) is 3.42. The maximum atomic E-state index is 13.0. The van der Waals surface area contributed by atoms with Crippen molar-refractivity contribution < 1.29 is 22.8 Å². The molecule has 2 rings (SSSR count). The van der Waals surface area contributed by atoms with E-state index in [1.165, 1.54) is 25.3 Å². The van der Waals surface area contributed by atoms with Gasteiger partial charge in [-0.3, -0.25) is 10.1 Å². The van der Waals surface area contributed by atoms with E-state index in [2.05, 4.69) is 11.8 Å². The average molecular weight is 388 g/mol. The van der Waals surface area contributed by atoms with Gasteiger partial charge >= 0.3 is 6.18 Å². The number of benzene rings is 1. The molecule has 0 aromatic heterocycles. The van der Waals surface area contributed by atoms with E-state index in [1.54, 1.807) is 0 Å². The molecule has 1 aromatic carbocycles. The number of likely N-dealkylation sites (tertiary alicyclic amines) is 1. The molecular weight excluding hydrogens is 361 g/mol. The van der Waals surface area contributed by atoms with Crippen molar-refractivity contribution in [3.63, 3.8) is 0 Å². The van der Waals surface area contributed by atoms with Crippen LogP contribution in [0.5, 0.6) is 5.75 Å². The molecule has 0 amide bonds. The minimum absolute atomic E-state index is 0.0185. The van der Waals surface area contributed by atoms with Crippen LogP contribution in [0.2, 0.25) is 0 Å². The largest absolute Gasteiger partial charge is 0.494 e. The molecule has 0 bridgehead atoms. The lowest BCUT2D eigenvalue weighted by Crippen LogP contribution is -2.34. The topological polar surface area (TPSA) is 55.6 Å². The number of rotatable bonds is 9. The van der Waals surface area contributed by atoms with Crippen LogP contribution < -0.4 is 4.74 Å². The van der Waals surface area contributed by atoms with Gasteiger partial charge in [-0.15, -0.1) is 0 Å². The molecule has 0 aliphatic carbocycles. The summed E-state index contributed by atoms with van der Waals surface area (Å²) in [5.41, 5.74) is -2.23. The van der Waals surface area contributed by atoms with Crippen molar-refractivity contribution in [2.75, 3.05) is 26.2 Å². The Kier molecular flexibility index (Phi) is 7.89. The molecule has 0 unspecified atom stereocenters. The van der Waals surface area contributed by atoms with Crippen LogP contribution in [0.3, 0.4) is 0 Å². The highest BCUT2D eigenvalue weighted by Gasteiger charge is 2.38. The molecule has 0 saturated carbocycles. The van der Waals surface area contributed by atoms with E-state index in [9.17, 15) is 23.3 Å². The number of ether oxygens (including phenoxy) is 1. The highest BCUT2D eigenvalue weighted by atomic mass is 19.4. The van der Waals surface area contributed by atoms with Gasteiger partial charge < -0.3 is 9.64 Å². The van der Waals surface area contributed by atoms with Gasteiger partial charge in [-0.2, -0.15) is 13.2 Å². The molecule has 152 valence electrons. The second-order valence-corrected chi connectivity index (χ2v) is 7.06. The lowest BCUT2D eigenvalue weighted by atomic mass is 9.94. The van der Waals surface area contributed by atoms with E-state index in [4.69, 9.17) is 4.74 Å². The minimum atomic E-state index is -4.79. The lowest BCUT2D eigenvalue weighted by Gasteiger charge is -2.31. The number of unbranched alkanes of at least 4 members (excludes halogenated alkanes) is 2. The van der Waals surface area contributed by atoms with Gasteiger partial charge in [0.05, 0.1) is 11.5 Å². The van der Waals surface area contributed by atoms with Gasteiger partial charge in [-0.05, 0) is 63.4 Å². The molecule has 8 heteroatoms. The highest BCUT2D eigenvalue weighted by Crippen LogP contribution is 2.38. The number of nitrogens with zero attached hydrogens (tertiary/aromatic N) is 2. The van der Waals surface area contributed by atoms with Crippen LogP contribution in [0, 0.1) is 16.0 Å². The predicted molar refractivity (Wildman–Crippen MR) is 96.9 cm³/mol. The maximum absolute atomic E-state index is 13.0. The number of hydrogen-bond donors (Lipinski definition) is 0. The molecule has 0 radical (unpaired) electrons. The van der Waals surface area contributed by atoms with Gasteiger partial charge in [0.1, 0.15) is 11.3 Å². The first-order chi connectivity index (χ1) is 12.8. The molecule has 1 aliphatic heterocycles. The summed E-state index contributed by atoms with van der Waals surface area (Å²) in [6, 6.07) is 2.80. The first-order valence-electron chi connectivity index (χ1n) is 9.52. The zero-order valence-corrected chi connectivity index (χ0v) is 15.6. The van der Waals surface area contributed by atoms with Gasteiger partial charge in [0.15, 0.2) is 0 Å². The van der Waals surface area contributed by atoms with Crippen LogP contribution in [0.25, 0.3) is 0 Å². The third-order valence-corrected chi connectivity index (χ3v) is 5.05.